The normalized spacial score (nSPS) is 11.3. The second-order valence-corrected chi connectivity index (χ2v) is 9.05. The van der Waals surface area contributed by atoms with Crippen LogP contribution >= 0.6 is 0 Å². The second kappa shape index (κ2) is 8.68. The van der Waals surface area contributed by atoms with Crippen LogP contribution in [0, 0.1) is 0 Å². The Morgan fingerprint density at radius 3 is 2.44 bits per heavy atom. The molecule has 4 aromatic rings. The van der Waals surface area contributed by atoms with Crippen LogP contribution in [0.4, 0.5) is 5.69 Å². The maximum atomic E-state index is 13.0. The minimum atomic E-state index is -3.88. The van der Waals surface area contributed by atoms with E-state index in [1.54, 1.807) is 42.6 Å². The van der Waals surface area contributed by atoms with E-state index >= 15 is 0 Å². The van der Waals surface area contributed by atoms with Crippen molar-refractivity contribution in [2.45, 2.75) is 4.90 Å². The average molecular weight is 449 g/mol. The number of ketones is 1. The summed E-state index contributed by atoms with van der Waals surface area (Å²) in [6.07, 6.45) is 1.58. The summed E-state index contributed by atoms with van der Waals surface area (Å²) in [5, 5.41) is 0.741. The Kier molecular flexibility index (Phi) is 5.79. The van der Waals surface area contributed by atoms with E-state index in [2.05, 4.69) is 4.98 Å². The lowest BCUT2D eigenvalue weighted by Crippen LogP contribution is -2.26. The van der Waals surface area contributed by atoms with E-state index in [0.29, 0.717) is 11.3 Å². The molecule has 8 heteroatoms. The van der Waals surface area contributed by atoms with Gasteiger partial charge in [-0.25, -0.2) is 13.2 Å². The predicted octanol–water partition coefficient (Wildman–Crippen LogP) is 4.03. The standard InChI is InChI=1S/C24H20N2O5S/c1-26(18-9-3-2-4-10-18)32(29,30)19-11-7-8-17(14-19)24(28)31-16-23(27)21-15-25-22-13-6-5-12-20(21)22/h2-15,25H,16H2,1H3. The number of carbonyl (C=O) groups excluding carboxylic acids is 2. The first-order valence-electron chi connectivity index (χ1n) is 9.78. The van der Waals surface area contributed by atoms with E-state index in [0.717, 1.165) is 15.2 Å². The first-order chi connectivity index (χ1) is 15.4. The van der Waals surface area contributed by atoms with Gasteiger partial charge in [0.15, 0.2) is 6.61 Å². The zero-order chi connectivity index (χ0) is 22.7. The van der Waals surface area contributed by atoms with Gasteiger partial charge in [0.25, 0.3) is 10.0 Å². The number of benzene rings is 3. The van der Waals surface area contributed by atoms with Crippen LogP contribution in [0.3, 0.4) is 0 Å². The lowest BCUT2D eigenvalue weighted by atomic mass is 10.1. The fourth-order valence-electron chi connectivity index (χ4n) is 3.31. The van der Waals surface area contributed by atoms with E-state index < -0.39 is 22.6 Å². The molecule has 0 aliphatic heterocycles. The van der Waals surface area contributed by atoms with Gasteiger partial charge in [0.2, 0.25) is 5.78 Å². The summed E-state index contributed by atoms with van der Waals surface area (Å²) < 4.78 is 32.2. The van der Waals surface area contributed by atoms with Gasteiger partial charge in [0, 0.05) is 29.7 Å². The van der Waals surface area contributed by atoms with Crippen LogP contribution in [-0.4, -0.2) is 38.8 Å². The molecule has 7 nitrogen and oxygen atoms in total. The quantitative estimate of drug-likeness (QED) is 0.340. The number of anilines is 1. The molecule has 0 aliphatic carbocycles. The Morgan fingerprint density at radius 1 is 0.938 bits per heavy atom. The number of aromatic nitrogens is 1. The van der Waals surface area contributed by atoms with Crippen molar-refractivity contribution in [3.63, 3.8) is 0 Å². The number of nitrogens with one attached hydrogen (secondary N) is 1. The van der Waals surface area contributed by atoms with Crippen molar-refractivity contribution in [1.29, 1.82) is 0 Å². The molecule has 0 fully saturated rings. The number of hydrogen-bond acceptors (Lipinski definition) is 5. The number of fused-ring (bicyclic) bond motifs is 1. The van der Waals surface area contributed by atoms with Crippen LogP contribution < -0.4 is 4.31 Å². The fraction of sp³-hybridized carbons (Fsp3) is 0.0833. The highest BCUT2D eigenvalue weighted by Crippen LogP contribution is 2.23. The molecule has 1 aromatic heterocycles. The third kappa shape index (κ3) is 4.13. The van der Waals surface area contributed by atoms with Crippen LogP contribution in [0.1, 0.15) is 20.7 Å². The van der Waals surface area contributed by atoms with Crippen LogP contribution in [0.15, 0.2) is 90.0 Å². The molecule has 0 aliphatic rings. The molecule has 0 bridgehead atoms. The van der Waals surface area contributed by atoms with Crippen molar-refractivity contribution < 1.29 is 22.7 Å². The number of aromatic amines is 1. The summed E-state index contributed by atoms with van der Waals surface area (Å²) in [4.78, 5) is 28.0. The Balaban J connectivity index is 1.49. The number of para-hydroxylation sites is 2. The number of nitrogens with zero attached hydrogens (tertiary/aromatic N) is 1. The molecule has 1 heterocycles. The molecule has 0 radical (unpaired) electrons. The minimum Gasteiger partial charge on any atom is -0.454 e. The van der Waals surface area contributed by atoms with Gasteiger partial charge in [-0.05, 0) is 36.4 Å². The van der Waals surface area contributed by atoms with Crippen LogP contribution in [0.2, 0.25) is 0 Å². The number of carbonyl (C=O) groups is 2. The minimum absolute atomic E-state index is 0.0410. The number of esters is 1. The maximum absolute atomic E-state index is 13.0. The molecule has 0 amide bonds. The Bertz CT molecular complexity index is 1390. The highest BCUT2D eigenvalue weighted by Gasteiger charge is 2.23. The Morgan fingerprint density at radius 2 is 1.66 bits per heavy atom. The van der Waals surface area contributed by atoms with Gasteiger partial charge in [-0.3, -0.25) is 9.10 Å². The van der Waals surface area contributed by atoms with E-state index in [9.17, 15) is 18.0 Å². The summed E-state index contributed by atoms with van der Waals surface area (Å²) in [5.74, 6) is -1.14. The van der Waals surface area contributed by atoms with Gasteiger partial charge in [0.1, 0.15) is 0 Å². The second-order valence-electron chi connectivity index (χ2n) is 7.08. The monoisotopic (exact) mass is 448 g/mol. The maximum Gasteiger partial charge on any atom is 0.338 e. The molecule has 162 valence electrons. The molecule has 0 atom stereocenters. The van der Waals surface area contributed by atoms with Gasteiger partial charge in [-0.2, -0.15) is 0 Å². The van der Waals surface area contributed by atoms with Gasteiger partial charge in [-0.15, -0.1) is 0 Å². The molecule has 0 spiro atoms. The molecule has 0 unspecified atom stereocenters. The molecule has 3 aromatic carbocycles. The zero-order valence-corrected chi connectivity index (χ0v) is 18.0. The number of sulfonamides is 1. The summed E-state index contributed by atoms with van der Waals surface area (Å²) in [5.41, 5.74) is 1.76. The summed E-state index contributed by atoms with van der Waals surface area (Å²) in [7, 11) is -2.44. The van der Waals surface area contributed by atoms with Gasteiger partial charge < -0.3 is 9.72 Å². The third-order valence-electron chi connectivity index (χ3n) is 5.07. The number of ether oxygens (including phenoxy) is 1. The predicted molar refractivity (Wildman–Crippen MR) is 121 cm³/mol. The van der Waals surface area contributed by atoms with Crippen molar-refractivity contribution in [3.05, 3.63) is 96.2 Å². The lowest BCUT2D eigenvalue weighted by Gasteiger charge is -2.19. The Labute approximate surface area is 185 Å². The van der Waals surface area contributed by atoms with Gasteiger partial charge in [0.05, 0.1) is 16.1 Å². The summed E-state index contributed by atoms with van der Waals surface area (Å²) in [6, 6.07) is 21.5. The third-order valence-corrected chi connectivity index (χ3v) is 6.85. The zero-order valence-electron chi connectivity index (χ0n) is 17.2. The molecule has 4 rings (SSSR count). The molecular weight excluding hydrogens is 428 g/mol. The number of rotatable bonds is 7. The van der Waals surface area contributed by atoms with Crippen LogP contribution in [0.25, 0.3) is 10.9 Å². The van der Waals surface area contributed by atoms with Gasteiger partial charge >= 0.3 is 5.97 Å². The summed E-state index contributed by atoms with van der Waals surface area (Å²) in [6.45, 7) is -0.457. The summed E-state index contributed by atoms with van der Waals surface area (Å²) >= 11 is 0. The average Bonchev–Trinajstić information content (AvgIpc) is 3.27. The number of Topliss-reactive ketones (excluding diaryl/α,β-unsaturated/α-hetero) is 1. The van der Waals surface area contributed by atoms with Crippen molar-refractivity contribution in [2.75, 3.05) is 18.0 Å². The number of H-pyrrole nitrogens is 1. The van der Waals surface area contributed by atoms with E-state index in [-0.39, 0.29) is 16.2 Å². The molecule has 32 heavy (non-hydrogen) atoms. The van der Waals surface area contributed by atoms with Crippen molar-refractivity contribution in [2.24, 2.45) is 0 Å². The van der Waals surface area contributed by atoms with Gasteiger partial charge in [-0.1, -0.05) is 42.5 Å². The Hall–Kier alpha value is -3.91. The SMILES string of the molecule is CN(c1ccccc1)S(=O)(=O)c1cccc(C(=O)OCC(=O)c2c[nH]c3ccccc23)c1. The fourth-order valence-corrected chi connectivity index (χ4v) is 4.55. The van der Waals surface area contributed by atoms with Crippen LogP contribution in [-0.2, 0) is 14.8 Å². The van der Waals surface area contributed by atoms with E-state index in [1.165, 1.54) is 31.3 Å². The van der Waals surface area contributed by atoms with Crippen LogP contribution in [0.5, 0.6) is 0 Å². The first kappa shape index (κ1) is 21.3. The highest BCUT2D eigenvalue weighted by molar-refractivity contribution is 7.92. The lowest BCUT2D eigenvalue weighted by molar-refractivity contribution is 0.0475. The first-order valence-corrected chi connectivity index (χ1v) is 11.2. The largest absolute Gasteiger partial charge is 0.454 e. The van der Waals surface area contributed by atoms with Crippen molar-refractivity contribution in [1.82, 2.24) is 4.98 Å². The topological polar surface area (TPSA) is 96.5 Å². The molecule has 1 N–H and O–H groups in total. The molecular formula is C24H20N2O5S. The highest BCUT2D eigenvalue weighted by atomic mass is 32.2. The molecule has 0 saturated heterocycles. The van der Waals surface area contributed by atoms with E-state index in [4.69, 9.17) is 4.74 Å². The van der Waals surface area contributed by atoms with Crippen molar-refractivity contribution in [3.8, 4) is 0 Å². The molecule has 0 saturated carbocycles. The smallest absolute Gasteiger partial charge is 0.338 e. The van der Waals surface area contributed by atoms with Crippen molar-refractivity contribution >= 4 is 38.4 Å². The van der Waals surface area contributed by atoms with E-state index in [1.807, 2.05) is 18.2 Å². The number of hydrogen-bond donors (Lipinski definition) is 1.